The Hall–Kier alpha value is -3.48. The minimum Gasteiger partial charge on any atom is -0.478 e. The van der Waals surface area contributed by atoms with Crippen LogP contribution < -0.4 is 10.2 Å². The number of nitrogens with one attached hydrogen (secondary N) is 1. The molecule has 1 aliphatic rings. The zero-order chi connectivity index (χ0) is 22.5. The van der Waals surface area contributed by atoms with Crippen molar-refractivity contribution in [3.63, 3.8) is 0 Å². The zero-order valence-corrected chi connectivity index (χ0v) is 18.3. The van der Waals surface area contributed by atoms with E-state index < -0.39 is 5.97 Å². The van der Waals surface area contributed by atoms with Crippen LogP contribution in [0.15, 0.2) is 41.8 Å². The minimum absolute atomic E-state index is 0.150. The van der Waals surface area contributed by atoms with Crippen molar-refractivity contribution in [2.24, 2.45) is 0 Å². The van der Waals surface area contributed by atoms with Gasteiger partial charge in [0, 0.05) is 55.1 Å². The van der Waals surface area contributed by atoms with E-state index in [4.69, 9.17) is 10.2 Å². The van der Waals surface area contributed by atoms with E-state index in [0.717, 1.165) is 37.6 Å². The van der Waals surface area contributed by atoms with Gasteiger partial charge in [0.25, 0.3) is 0 Å². The number of thiophene rings is 1. The van der Waals surface area contributed by atoms with E-state index in [1.54, 1.807) is 24.3 Å². The van der Waals surface area contributed by atoms with Gasteiger partial charge in [-0.3, -0.25) is 9.69 Å². The van der Waals surface area contributed by atoms with Gasteiger partial charge in [-0.25, -0.2) is 9.78 Å². The molecular weight excluding hydrogens is 426 g/mol. The number of nitrogens with zero attached hydrogens (tertiary/aromatic N) is 4. The number of carbonyl (C=O) groups is 2. The van der Waals surface area contributed by atoms with Gasteiger partial charge in [-0.05, 0) is 35.7 Å². The van der Waals surface area contributed by atoms with Crippen LogP contribution in [0.5, 0.6) is 0 Å². The summed E-state index contributed by atoms with van der Waals surface area (Å²) >= 11 is 1.52. The number of hydrogen-bond acceptors (Lipinski definition) is 7. The monoisotopic (exact) mass is 449 g/mol. The Morgan fingerprint density at radius 1 is 1.19 bits per heavy atom. The highest BCUT2D eigenvalue weighted by molar-refractivity contribution is 7.10. The van der Waals surface area contributed by atoms with Crippen LogP contribution in [0.1, 0.15) is 21.7 Å². The molecule has 0 atom stereocenters. The molecule has 1 aliphatic heterocycles. The molecule has 0 radical (unpaired) electrons. The van der Waals surface area contributed by atoms with Crippen molar-refractivity contribution in [1.82, 2.24) is 9.88 Å². The van der Waals surface area contributed by atoms with E-state index >= 15 is 0 Å². The van der Waals surface area contributed by atoms with E-state index in [1.807, 2.05) is 17.5 Å². The maximum atomic E-state index is 12.3. The molecule has 2 N–H and O–H groups in total. The molecule has 9 heteroatoms. The van der Waals surface area contributed by atoms with Gasteiger partial charge in [0.1, 0.15) is 5.82 Å². The van der Waals surface area contributed by atoms with Gasteiger partial charge < -0.3 is 15.3 Å². The summed E-state index contributed by atoms with van der Waals surface area (Å²) in [7, 11) is 0. The Bertz CT molecular complexity index is 1160. The molecule has 4 rings (SSSR count). The third-order valence-electron chi connectivity index (χ3n) is 5.46. The second-order valence-electron chi connectivity index (χ2n) is 7.61. The first kappa shape index (κ1) is 21.7. The summed E-state index contributed by atoms with van der Waals surface area (Å²) in [5, 5.41) is 23.8. The third-order valence-corrected chi connectivity index (χ3v) is 6.34. The van der Waals surface area contributed by atoms with Gasteiger partial charge in [-0.1, -0.05) is 6.07 Å². The van der Waals surface area contributed by atoms with Crippen LogP contribution in [-0.4, -0.2) is 59.6 Å². The fourth-order valence-electron chi connectivity index (χ4n) is 3.81. The van der Waals surface area contributed by atoms with E-state index in [9.17, 15) is 14.7 Å². The molecule has 1 saturated heterocycles. The van der Waals surface area contributed by atoms with Crippen molar-refractivity contribution in [1.29, 1.82) is 5.26 Å². The molecule has 1 aromatic carbocycles. The number of amides is 1. The predicted octanol–water partition coefficient (Wildman–Crippen LogP) is 3.21. The molecule has 0 unspecified atom stereocenters. The fraction of sp³-hybridized carbons (Fsp3) is 0.304. The van der Waals surface area contributed by atoms with Crippen molar-refractivity contribution in [2.45, 2.75) is 12.8 Å². The number of benzene rings is 1. The van der Waals surface area contributed by atoms with E-state index in [1.165, 1.54) is 11.3 Å². The first-order valence-electron chi connectivity index (χ1n) is 10.4. The summed E-state index contributed by atoms with van der Waals surface area (Å²) in [5.74, 6) is -0.555. The van der Waals surface area contributed by atoms with E-state index in [-0.39, 0.29) is 17.9 Å². The molecule has 1 amide bonds. The highest BCUT2D eigenvalue weighted by Gasteiger charge is 2.21. The first-order chi connectivity index (χ1) is 15.5. The summed E-state index contributed by atoms with van der Waals surface area (Å²) in [5.41, 5.74) is 1.27. The lowest BCUT2D eigenvalue weighted by atomic mass is 10.1. The van der Waals surface area contributed by atoms with Crippen molar-refractivity contribution in [3.05, 3.63) is 52.2 Å². The second-order valence-corrected chi connectivity index (χ2v) is 8.64. The lowest BCUT2D eigenvalue weighted by molar-refractivity contribution is -0.115. The van der Waals surface area contributed by atoms with Crippen LogP contribution in [0.25, 0.3) is 10.9 Å². The smallest absolute Gasteiger partial charge is 0.336 e. The van der Waals surface area contributed by atoms with E-state index in [2.05, 4.69) is 21.2 Å². The van der Waals surface area contributed by atoms with Crippen LogP contribution in [0.4, 0.5) is 11.5 Å². The summed E-state index contributed by atoms with van der Waals surface area (Å²) in [6, 6.07) is 12.7. The largest absolute Gasteiger partial charge is 0.478 e. The summed E-state index contributed by atoms with van der Waals surface area (Å²) in [6.45, 7) is 3.80. The topological polar surface area (TPSA) is 110 Å². The van der Waals surface area contributed by atoms with Crippen LogP contribution in [0, 0.1) is 11.3 Å². The SMILES string of the molecule is N#CCCN1CCN(c2cc(C(=O)O)c3cc(NC(=O)Cc4cccs4)ccc3n2)CC1. The lowest BCUT2D eigenvalue weighted by Crippen LogP contribution is -2.46. The first-order valence-corrected chi connectivity index (χ1v) is 11.3. The quantitative estimate of drug-likeness (QED) is 0.570. The average molecular weight is 450 g/mol. The highest BCUT2D eigenvalue weighted by atomic mass is 32.1. The number of carbonyl (C=O) groups excluding carboxylic acids is 1. The number of pyridine rings is 1. The van der Waals surface area contributed by atoms with Crippen LogP contribution in [0.2, 0.25) is 0 Å². The van der Waals surface area contributed by atoms with Gasteiger partial charge in [-0.15, -0.1) is 11.3 Å². The summed E-state index contributed by atoms with van der Waals surface area (Å²) in [4.78, 5) is 34.3. The number of rotatable bonds is 7. The van der Waals surface area contributed by atoms with Crippen molar-refractivity contribution < 1.29 is 14.7 Å². The molecule has 0 bridgehead atoms. The average Bonchev–Trinajstić information content (AvgIpc) is 3.30. The Labute approximate surface area is 189 Å². The van der Waals surface area contributed by atoms with Crippen LogP contribution in [-0.2, 0) is 11.2 Å². The number of nitriles is 1. The number of fused-ring (bicyclic) bond motifs is 1. The second kappa shape index (κ2) is 9.77. The van der Waals surface area contributed by atoms with Crippen molar-refractivity contribution in [2.75, 3.05) is 42.9 Å². The standard InChI is InChI=1S/C23H23N5O3S/c24-6-2-7-27-8-10-28(11-9-27)21-15-19(23(30)31)18-13-16(4-5-20(18)26-21)25-22(29)14-17-3-1-12-32-17/h1,3-5,12-13,15H,2,7-11,14H2,(H,25,29)(H,30,31). The number of hydrogen-bond donors (Lipinski definition) is 2. The molecule has 3 aromatic rings. The highest BCUT2D eigenvalue weighted by Crippen LogP contribution is 2.27. The van der Waals surface area contributed by atoms with Crippen LogP contribution >= 0.6 is 11.3 Å². The van der Waals surface area contributed by atoms with Gasteiger partial charge in [0.2, 0.25) is 5.91 Å². The number of aromatic nitrogens is 1. The molecule has 164 valence electrons. The summed E-state index contributed by atoms with van der Waals surface area (Å²) < 4.78 is 0. The normalized spacial score (nSPS) is 14.3. The molecule has 8 nitrogen and oxygen atoms in total. The third kappa shape index (κ3) is 5.04. The molecule has 0 aliphatic carbocycles. The molecule has 0 saturated carbocycles. The van der Waals surface area contributed by atoms with Gasteiger partial charge >= 0.3 is 5.97 Å². The van der Waals surface area contributed by atoms with Crippen LogP contribution in [0.3, 0.4) is 0 Å². The lowest BCUT2D eigenvalue weighted by Gasteiger charge is -2.35. The molecule has 1 fully saturated rings. The van der Waals surface area contributed by atoms with Gasteiger partial charge in [0.15, 0.2) is 0 Å². The maximum Gasteiger partial charge on any atom is 0.336 e. The maximum absolute atomic E-state index is 12.3. The van der Waals surface area contributed by atoms with Gasteiger partial charge in [0.05, 0.1) is 23.6 Å². The van der Waals surface area contributed by atoms with Crippen molar-refractivity contribution in [3.8, 4) is 6.07 Å². The number of aromatic carboxylic acids is 1. The Morgan fingerprint density at radius 2 is 2.00 bits per heavy atom. The molecule has 0 spiro atoms. The molecular formula is C23H23N5O3S. The van der Waals surface area contributed by atoms with Crippen molar-refractivity contribution >= 4 is 45.6 Å². The Balaban J connectivity index is 1.54. The minimum atomic E-state index is -1.03. The zero-order valence-electron chi connectivity index (χ0n) is 17.5. The molecule has 2 aromatic heterocycles. The fourth-order valence-corrected chi connectivity index (χ4v) is 4.52. The number of piperazine rings is 1. The molecule has 3 heterocycles. The van der Waals surface area contributed by atoms with Gasteiger partial charge in [-0.2, -0.15) is 5.26 Å². The Morgan fingerprint density at radius 3 is 2.69 bits per heavy atom. The predicted molar refractivity (Wildman–Crippen MR) is 124 cm³/mol. The number of anilines is 2. The molecule has 32 heavy (non-hydrogen) atoms. The Kier molecular flexibility index (Phi) is 6.63. The summed E-state index contributed by atoms with van der Waals surface area (Å²) in [6.07, 6.45) is 0.780. The van der Waals surface area contributed by atoms with E-state index in [0.29, 0.717) is 28.8 Å². The number of carboxylic acid groups (broad SMARTS) is 1. The number of carboxylic acids is 1.